The third kappa shape index (κ3) is 4.18. The number of aromatic nitrogens is 2. The molecule has 4 heterocycles. The minimum absolute atomic E-state index is 0.157. The number of fused-ring (bicyclic) bond motifs is 1. The van der Waals surface area contributed by atoms with Gasteiger partial charge in [-0.05, 0) is 62.9 Å². The average Bonchev–Trinajstić information content (AvgIpc) is 3.11. The fourth-order valence-corrected chi connectivity index (χ4v) is 5.63. The molecular weight excluding hydrogens is 409 g/mol. The molecule has 172 valence electrons. The van der Waals surface area contributed by atoms with Crippen LogP contribution in [0.3, 0.4) is 0 Å². The fraction of sp³-hybridized carbons (Fsp3) is 0.625. The van der Waals surface area contributed by atoms with Gasteiger partial charge < -0.3 is 10.2 Å². The Hall–Kier alpha value is -2.32. The molecule has 2 amide bonds. The second kappa shape index (κ2) is 8.90. The second-order valence-electron chi connectivity index (χ2n) is 9.63. The molecule has 3 fully saturated rings. The van der Waals surface area contributed by atoms with Crippen molar-refractivity contribution in [3.8, 4) is 0 Å². The van der Waals surface area contributed by atoms with Crippen molar-refractivity contribution in [3.05, 3.63) is 29.5 Å². The molecule has 2 N–H and O–H groups in total. The van der Waals surface area contributed by atoms with E-state index in [4.69, 9.17) is 0 Å². The number of likely N-dealkylation sites (tertiary alicyclic amines) is 1. The Labute approximate surface area is 187 Å². The molecule has 3 atom stereocenters. The third-order valence-corrected chi connectivity index (χ3v) is 7.57. The quantitative estimate of drug-likeness (QED) is 0.712. The van der Waals surface area contributed by atoms with Crippen molar-refractivity contribution < 1.29 is 14.0 Å². The third-order valence-electron chi connectivity index (χ3n) is 7.57. The molecule has 1 aromatic carbocycles. The van der Waals surface area contributed by atoms with Gasteiger partial charge in [-0.1, -0.05) is 12.1 Å². The molecule has 1 aromatic heterocycles. The van der Waals surface area contributed by atoms with Crippen LogP contribution in [0, 0.1) is 5.92 Å². The summed E-state index contributed by atoms with van der Waals surface area (Å²) in [6.45, 7) is 4.30. The van der Waals surface area contributed by atoms with E-state index < -0.39 is 6.17 Å². The number of carbonyl (C=O) groups is 2. The van der Waals surface area contributed by atoms with E-state index in [0.29, 0.717) is 25.3 Å². The fourth-order valence-electron chi connectivity index (χ4n) is 5.63. The Morgan fingerprint density at radius 2 is 1.97 bits per heavy atom. The van der Waals surface area contributed by atoms with Gasteiger partial charge >= 0.3 is 0 Å². The molecule has 0 bridgehead atoms. The number of carbonyl (C=O) groups excluding carboxylic acids is 2. The molecule has 3 aliphatic heterocycles. The maximum atomic E-state index is 14.2. The first kappa shape index (κ1) is 21.5. The summed E-state index contributed by atoms with van der Waals surface area (Å²) in [5.41, 5.74) is 3.09. The van der Waals surface area contributed by atoms with Crippen LogP contribution in [0.25, 0.3) is 10.9 Å². The number of nitrogens with zero attached hydrogens (tertiary/aromatic N) is 3. The summed E-state index contributed by atoms with van der Waals surface area (Å²) in [6.07, 6.45) is 3.20. The van der Waals surface area contributed by atoms with Crippen LogP contribution in [0.2, 0.25) is 0 Å². The van der Waals surface area contributed by atoms with Crippen LogP contribution in [0.15, 0.2) is 18.2 Å². The first-order valence-electron chi connectivity index (χ1n) is 11.9. The number of nitrogens with one attached hydrogen (secondary N) is 2. The molecule has 0 saturated carbocycles. The summed E-state index contributed by atoms with van der Waals surface area (Å²) < 4.78 is 16.0. The van der Waals surface area contributed by atoms with Gasteiger partial charge in [0.1, 0.15) is 6.17 Å². The largest absolute Gasteiger partial charge is 0.314 e. The monoisotopic (exact) mass is 441 g/mol. The number of piperidine rings is 3. The first-order chi connectivity index (χ1) is 15.5. The highest BCUT2D eigenvalue weighted by Crippen LogP contribution is 2.34. The van der Waals surface area contributed by atoms with Crippen molar-refractivity contribution in [2.75, 3.05) is 32.7 Å². The molecule has 0 radical (unpaired) electrons. The van der Waals surface area contributed by atoms with E-state index in [1.54, 1.807) is 0 Å². The number of aryl methyl sites for hydroxylation is 1. The van der Waals surface area contributed by atoms with Gasteiger partial charge in [-0.25, -0.2) is 4.39 Å². The molecule has 0 spiro atoms. The van der Waals surface area contributed by atoms with Crippen molar-refractivity contribution >= 4 is 22.7 Å². The van der Waals surface area contributed by atoms with Crippen molar-refractivity contribution in [1.82, 2.24) is 25.3 Å². The number of benzene rings is 1. The minimum Gasteiger partial charge on any atom is -0.314 e. The summed E-state index contributed by atoms with van der Waals surface area (Å²) >= 11 is 0. The summed E-state index contributed by atoms with van der Waals surface area (Å²) in [5.74, 6) is -0.188. The summed E-state index contributed by atoms with van der Waals surface area (Å²) in [7, 11) is 1.91. The molecular formula is C24H32FN5O2. The Morgan fingerprint density at radius 1 is 1.16 bits per heavy atom. The number of alkyl halides is 1. The van der Waals surface area contributed by atoms with Crippen molar-refractivity contribution in [3.63, 3.8) is 0 Å². The summed E-state index contributed by atoms with van der Waals surface area (Å²) in [6, 6.07) is 6.47. The van der Waals surface area contributed by atoms with Crippen LogP contribution in [-0.4, -0.2) is 65.4 Å². The first-order valence-corrected chi connectivity index (χ1v) is 11.9. The van der Waals surface area contributed by atoms with Gasteiger partial charge in [0, 0.05) is 37.9 Å². The van der Waals surface area contributed by atoms with Crippen molar-refractivity contribution in [2.24, 2.45) is 13.0 Å². The molecule has 2 aromatic rings. The smallest absolute Gasteiger partial charge is 0.235 e. The Kier molecular flexibility index (Phi) is 5.99. The zero-order chi connectivity index (χ0) is 22.2. The predicted molar refractivity (Wildman–Crippen MR) is 120 cm³/mol. The molecule has 0 aliphatic carbocycles. The molecule has 3 aliphatic rings. The predicted octanol–water partition coefficient (Wildman–Crippen LogP) is 2.22. The van der Waals surface area contributed by atoms with E-state index in [-0.39, 0.29) is 23.7 Å². The SMILES string of the molecule is Cn1nc(C2CCC(=O)NC2=O)c2ccc(C3CCN(C[C@@H]4CCNC[C@H]4F)CC3)cc21. The van der Waals surface area contributed by atoms with E-state index in [2.05, 4.69) is 38.8 Å². The number of hydrogen-bond donors (Lipinski definition) is 2. The van der Waals surface area contributed by atoms with Crippen LogP contribution in [-0.2, 0) is 16.6 Å². The Balaban J connectivity index is 1.27. The van der Waals surface area contributed by atoms with Gasteiger partial charge in [0.05, 0.1) is 17.1 Å². The summed E-state index contributed by atoms with van der Waals surface area (Å²) in [5, 5.41) is 11.2. The number of rotatable bonds is 4. The van der Waals surface area contributed by atoms with E-state index in [0.717, 1.165) is 62.0 Å². The zero-order valence-corrected chi connectivity index (χ0v) is 18.6. The number of amides is 2. The van der Waals surface area contributed by atoms with E-state index in [1.807, 2.05) is 11.7 Å². The highest BCUT2D eigenvalue weighted by Gasteiger charge is 2.32. The highest BCUT2D eigenvalue weighted by molar-refractivity contribution is 6.02. The van der Waals surface area contributed by atoms with Crippen LogP contribution in [0.5, 0.6) is 0 Å². The van der Waals surface area contributed by atoms with Gasteiger partial charge in [0.25, 0.3) is 0 Å². The summed E-state index contributed by atoms with van der Waals surface area (Å²) in [4.78, 5) is 26.3. The zero-order valence-electron chi connectivity index (χ0n) is 18.6. The van der Waals surface area contributed by atoms with E-state index in [1.165, 1.54) is 5.56 Å². The van der Waals surface area contributed by atoms with Gasteiger partial charge in [-0.2, -0.15) is 5.10 Å². The highest BCUT2D eigenvalue weighted by atomic mass is 19.1. The van der Waals surface area contributed by atoms with Crippen LogP contribution < -0.4 is 10.6 Å². The molecule has 5 rings (SSSR count). The van der Waals surface area contributed by atoms with E-state index in [9.17, 15) is 14.0 Å². The number of hydrogen-bond acceptors (Lipinski definition) is 5. The van der Waals surface area contributed by atoms with Crippen molar-refractivity contribution in [1.29, 1.82) is 0 Å². The van der Waals surface area contributed by atoms with Gasteiger partial charge in [-0.15, -0.1) is 0 Å². The topological polar surface area (TPSA) is 79.3 Å². The molecule has 7 nitrogen and oxygen atoms in total. The Morgan fingerprint density at radius 3 is 2.72 bits per heavy atom. The average molecular weight is 442 g/mol. The van der Waals surface area contributed by atoms with Crippen LogP contribution >= 0.6 is 0 Å². The Bertz CT molecular complexity index is 1010. The lowest BCUT2D eigenvalue weighted by Gasteiger charge is -2.36. The standard InChI is InChI=1S/C24H32FN5O2/c1-29-21-12-16(2-3-18(21)23(28-29)19-4-5-22(31)27-24(19)32)15-7-10-30(11-8-15)14-17-6-9-26-13-20(17)25/h2-3,12,15,17,19-20,26H,4-11,13-14H2,1H3,(H,27,31,32)/t17-,19?,20+/m0/s1. The van der Waals surface area contributed by atoms with E-state index >= 15 is 0 Å². The molecule has 1 unspecified atom stereocenters. The van der Waals surface area contributed by atoms with Gasteiger partial charge in [0.15, 0.2) is 0 Å². The lowest BCUT2D eigenvalue weighted by atomic mass is 9.87. The maximum Gasteiger partial charge on any atom is 0.235 e. The minimum atomic E-state index is -0.729. The van der Waals surface area contributed by atoms with Crippen LogP contribution in [0.4, 0.5) is 4.39 Å². The van der Waals surface area contributed by atoms with Gasteiger partial charge in [0.2, 0.25) is 11.8 Å². The lowest BCUT2D eigenvalue weighted by molar-refractivity contribution is -0.134. The molecule has 32 heavy (non-hydrogen) atoms. The second-order valence-corrected chi connectivity index (χ2v) is 9.63. The maximum absolute atomic E-state index is 14.2. The van der Waals surface area contributed by atoms with Crippen molar-refractivity contribution in [2.45, 2.75) is 50.1 Å². The normalized spacial score (nSPS) is 28.2. The van der Waals surface area contributed by atoms with Gasteiger partial charge in [-0.3, -0.25) is 19.6 Å². The number of imide groups is 1. The number of halogens is 1. The van der Waals surface area contributed by atoms with Crippen LogP contribution in [0.1, 0.15) is 55.2 Å². The lowest BCUT2D eigenvalue weighted by Crippen LogP contribution is -2.45. The molecule has 3 saturated heterocycles. The molecule has 8 heteroatoms.